The molecule has 0 saturated heterocycles. The quantitative estimate of drug-likeness (QED) is 0.440. The summed E-state index contributed by atoms with van der Waals surface area (Å²) in [4.78, 5) is 31.4. The molecule has 1 aromatic heterocycles. The van der Waals surface area contributed by atoms with Gasteiger partial charge in [-0.15, -0.1) is 0 Å². The second-order valence-corrected chi connectivity index (χ2v) is 7.51. The first-order valence-electron chi connectivity index (χ1n) is 8.63. The van der Waals surface area contributed by atoms with Crippen LogP contribution in [-0.2, 0) is 4.79 Å². The molecule has 6 nitrogen and oxygen atoms in total. The van der Waals surface area contributed by atoms with Crippen molar-refractivity contribution < 1.29 is 9.18 Å². The summed E-state index contributed by atoms with van der Waals surface area (Å²) >= 11 is 6.99. The molecule has 29 heavy (non-hydrogen) atoms. The van der Waals surface area contributed by atoms with Gasteiger partial charge in [0.05, 0.1) is 39.9 Å². The van der Waals surface area contributed by atoms with Gasteiger partial charge >= 0.3 is 0 Å². The maximum Gasteiger partial charge on any atom is 0.266 e. The fourth-order valence-electron chi connectivity index (χ4n) is 2.64. The Hall–Kier alpha value is -2.89. The fraction of sp³-hybridized carbons (Fsp3) is 0.200. The maximum atomic E-state index is 13.6. The number of amides is 1. The molecule has 2 aromatic carbocycles. The molecule has 3 aromatic rings. The van der Waals surface area contributed by atoms with E-state index in [1.807, 2.05) is 6.07 Å². The highest BCUT2D eigenvalue weighted by Gasteiger charge is 2.17. The lowest BCUT2D eigenvalue weighted by atomic mass is 10.2. The van der Waals surface area contributed by atoms with Crippen LogP contribution in [0, 0.1) is 17.1 Å². The van der Waals surface area contributed by atoms with Gasteiger partial charge in [0.25, 0.3) is 5.56 Å². The van der Waals surface area contributed by atoms with Crippen LogP contribution < -0.4 is 5.56 Å². The summed E-state index contributed by atoms with van der Waals surface area (Å²) in [6.07, 6.45) is 0.236. The van der Waals surface area contributed by atoms with E-state index in [0.717, 1.165) is 11.8 Å². The number of halogens is 2. The Morgan fingerprint density at radius 1 is 1.34 bits per heavy atom. The lowest BCUT2D eigenvalue weighted by molar-refractivity contribution is -0.127. The number of benzene rings is 2. The van der Waals surface area contributed by atoms with Gasteiger partial charge in [-0.3, -0.25) is 14.2 Å². The van der Waals surface area contributed by atoms with Crippen LogP contribution in [0.1, 0.15) is 6.42 Å². The summed E-state index contributed by atoms with van der Waals surface area (Å²) in [7, 11) is 1.61. The molecule has 0 saturated carbocycles. The first-order chi connectivity index (χ1) is 13.9. The van der Waals surface area contributed by atoms with Crippen molar-refractivity contribution >= 4 is 40.2 Å². The van der Waals surface area contributed by atoms with E-state index in [1.165, 1.54) is 27.7 Å². The third-order valence-corrected chi connectivity index (χ3v) is 5.43. The molecule has 0 aliphatic heterocycles. The number of aromatic nitrogens is 2. The molecule has 0 fully saturated rings. The average molecular weight is 431 g/mol. The predicted molar refractivity (Wildman–Crippen MR) is 111 cm³/mol. The van der Waals surface area contributed by atoms with Crippen molar-refractivity contribution in [2.75, 3.05) is 19.3 Å². The third-order valence-electron chi connectivity index (χ3n) is 4.22. The number of para-hydroxylation sites is 1. The molecule has 3 rings (SSSR count). The van der Waals surface area contributed by atoms with Gasteiger partial charge in [0, 0.05) is 13.6 Å². The highest BCUT2D eigenvalue weighted by Crippen LogP contribution is 2.24. The van der Waals surface area contributed by atoms with E-state index in [2.05, 4.69) is 4.98 Å². The Labute approximate surface area is 175 Å². The molecule has 1 amide bonds. The molecule has 0 spiro atoms. The van der Waals surface area contributed by atoms with Crippen LogP contribution in [0.25, 0.3) is 16.6 Å². The number of thioether (sulfide) groups is 1. The lowest BCUT2D eigenvalue weighted by Gasteiger charge is -2.17. The molecule has 0 aliphatic carbocycles. The summed E-state index contributed by atoms with van der Waals surface area (Å²) in [5.41, 5.74) is 0.508. The predicted octanol–water partition coefficient (Wildman–Crippen LogP) is 3.64. The summed E-state index contributed by atoms with van der Waals surface area (Å²) < 4.78 is 14.9. The summed E-state index contributed by atoms with van der Waals surface area (Å²) in [5, 5.41) is 9.23. The van der Waals surface area contributed by atoms with Crippen molar-refractivity contribution in [1.29, 1.82) is 5.26 Å². The van der Waals surface area contributed by atoms with E-state index in [-0.39, 0.29) is 28.7 Å². The van der Waals surface area contributed by atoms with Crippen molar-refractivity contribution in [3.63, 3.8) is 0 Å². The van der Waals surface area contributed by atoms with Crippen LogP contribution in [0.4, 0.5) is 4.39 Å². The molecule has 0 radical (unpaired) electrons. The summed E-state index contributed by atoms with van der Waals surface area (Å²) in [6, 6.07) is 12.8. The number of carbonyl (C=O) groups excluding carboxylic acids is 1. The van der Waals surface area contributed by atoms with E-state index in [4.69, 9.17) is 16.9 Å². The zero-order valence-electron chi connectivity index (χ0n) is 15.4. The number of nitrogens with zero attached hydrogens (tertiary/aromatic N) is 4. The van der Waals surface area contributed by atoms with Crippen molar-refractivity contribution in [2.24, 2.45) is 0 Å². The van der Waals surface area contributed by atoms with Gasteiger partial charge in [-0.05, 0) is 30.3 Å². The van der Waals surface area contributed by atoms with Gasteiger partial charge in [0.2, 0.25) is 5.91 Å². The molecule has 0 bridgehead atoms. The number of hydrogen-bond donors (Lipinski definition) is 0. The molecule has 148 valence electrons. The minimum atomic E-state index is -0.597. The van der Waals surface area contributed by atoms with Crippen LogP contribution >= 0.6 is 23.4 Å². The number of nitriles is 1. The molecule has 0 N–H and O–H groups in total. The lowest BCUT2D eigenvalue weighted by Crippen LogP contribution is -2.29. The van der Waals surface area contributed by atoms with Crippen molar-refractivity contribution in [3.05, 3.63) is 63.7 Å². The first kappa shape index (κ1) is 20.8. The topological polar surface area (TPSA) is 79.0 Å². The standard InChI is InChI=1S/C20H16ClFN4O2S/c1-25(10-4-9-23)18(27)12-29-20-24-17-6-3-2-5-14(17)19(28)26(20)13-7-8-16(22)15(21)11-13/h2-3,5-8,11H,4,10,12H2,1H3. The summed E-state index contributed by atoms with van der Waals surface area (Å²) in [6.45, 7) is 0.321. The highest BCUT2D eigenvalue weighted by molar-refractivity contribution is 7.99. The zero-order valence-corrected chi connectivity index (χ0v) is 17.0. The average Bonchev–Trinajstić information content (AvgIpc) is 2.72. The molecule has 1 heterocycles. The largest absolute Gasteiger partial charge is 0.344 e. The smallest absolute Gasteiger partial charge is 0.266 e. The van der Waals surface area contributed by atoms with E-state index in [9.17, 15) is 14.0 Å². The monoisotopic (exact) mass is 430 g/mol. The van der Waals surface area contributed by atoms with E-state index >= 15 is 0 Å². The van der Waals surface area contributed by atoms with Gasteiger partial charge < -0.3 is 4.90 Å². The first-order valence-corrected chi connectivity index (χ1v) is 9.99. The number of fused-ring (bicyclic) bond motifs is 1. The minimum Gasteiger partial charge on any atom is -0.344 e. The van der Waals surface area contributed by atoms with E-state index in [0.29, 0.717) is 28.3 Å². The summed E-state index contributed by atoms with van der Waals surface area (Å²) in [5.74, 6) is -0.765. The fourth-order valence-corrected chi connectivity index (χ4v) is 3.77. The molecule has 9 heteroatoms. The van der Waals surface area contributed by atoms with Crippen LogP contribution in [0.2, 0.25) is 5.02 Å². The highest BCUT2D eigenvalue weighted by atomic mass is 35.5. The van der Waals surface area contributed by atoms with Gasteiger partial charge in [-0.1, -0.05) is 35.5 Å². The molecule has 0 aliphatic rings. The van der Waals surface area contributed by atoms with Crippen molar-refractivity contribution in [1.82, 2.24) is 14.5 Å². The van der Waals surface area contributed by atoms with Gasteiger partial charge in [0.15, 0.2) is 5.16 Å². The van der Waals surface area contributed by atoms with Gasteiger partial charge in [0.1, 0.15) is 5.82 Å². The number of rotatable bonds is 6. The Morgan fingerprint density at radius 3 is 2.83 bits per heavy atom. The van der Waals surface area contributed by atoms with Crippen molar-refractivity contribution in [3.8, 4) is 11.8 Å². The molecular weight excluding hydrogens is 415 g/mol. The minimum absolute atomic E-state index is 0.0294. The molecule has 0 atom stereocenters. The normalized spacial score (nSPS) is 10.7. The number of carbonyl (C=O) groups is 1. The van der Waals surface area contributed by atoms with Crippen LogP contribution in [0.5, 0.6) is 0 Å². The van der Waals surface area contributed by atoms with E-state index < -0.39 is 5.82 Å². The van der Waals surface area contributed by atoms with E-state index in [1.54, 1.807) is 31.3 Å². The molecular formula is C20H16ClFN4O2S. The molecule has 0 unspecified atom stereocenters. The van der Waals surface area contributed by atoms with Crippen LogP contribution in [0.3, 0.4) is 0 Å². The van der Waals surface area contributed by atoms with Crippen LogP contribution in [0.15, 0.2) is 52.4 Å². The van der Waals surface area contributed by atoms with Gasteiger partial charge in [-0.25, -0.2) is 9.37 Å². The van der Waals surface area contributed by atoms with Crippen molar-refractivity contribution in [2.45, 2.75) is 11.6 Å². The second-order valence-electron chi connectivity index (χ2n) is 6.16. The Bertz CT molecular complexity index is 1180. The number of hydrogen-bond acceptors (Lipinski definition) is 5. The second kappa shape index (κ2) is 9.07. The zero-order chi connectivity index (χ0) is 21.0. The third kappa shape index (κ3) is 4.58. The maximum absolute atomic E-state index is 13.6. The Balaban J connectivity index is 2.03. The Kier molecular flexibility index (Phi) is 6.52. The van der Waals surface area contributed by atoms with Crippen LogP contribution in [-0.4, -0.2) is 39.7 Å². The SMILES string of the molecule is CN(CCC#N)C(=O)CSc1nc2ccccc2c(=O)n1-c1ccc(F)c(Cl)c1. The Morgan fingerprint density at radius 2 is 2.10 bits per heavy atom. The van der Waals surface area contributed by atoms with Gasteiger partial charge in [-0.2, -0.15) is 5.26 Å².